The molecule has 0 amide bonds. The summed E-state index contributed by atoms with van der Waals surface area (Å²) in [7, 11) is 3.83. The molecule has 6 nitrogen and oxygen atoms in total. The molecule has 0 aliphatic rings. The van der Waals surface area contributed by atoms with Crippen molar-refractivity contribution in [2.45, 2.75) is 6.92 Å². The molecule has 3 aromatic rings. The number of ether oxygens (including phenoxy) is 1. The van der Waals surface area contributed by atoms with Crippen molar-refractivity contribution in [1.82, 2.24) is 19.5 Å². The Labute approximate surface area is 146 Å². The predicted molar refractivity (Wildman–Crippen MR) is 97.1 cm³/mol. The molecule has 2 aromatic heterocycles. The van der Waals surface area contributed by atoms with Crippen molar-refractivity contribution >= 4 is 17.7 Å². The minimum atomic E-state index is -0.410. The summed E-state index contributed by atoms with van der Waals surface area (Å²) in [5, 5.41) is 4.45. The summed E-state index contributed by atoms with van der Waals surface area (Å²) in [5.74, 6) is -0.410. The van der Waals surface area contributed by atoms with Crippen LogP contribution in [0.3, 0.4) is 0 Å². The molecule has 0 radical (unpaired) electrons. The smallest absolute Gasteiger partial charge is 0.341 e. The van der Waals surface area contributed by atoms with Gasteiger partial charge in [-0.1, -0.05) is 30.3 Å². The van der Waals surface area contributed by atoms with Gasteiger partial charge in [-0.3, -0.25) is 0 Å². The molecule has 0 saturated heterocycles. The highest BCUT2D eigenvalue weighted by Gasteiger charge is 2.18. The molecule has 0 bridgehead atoms. The monoisotopic (exact) mass is 336 g/mol. The lowest BCUT2D eigenvalue weighted by Gasteiger charge is -2.09. The number of carbonyl (C=O) groups excluding carboxylic acids is 1. The SMILES string of the molecule is CCOC(=O)c1cnc2c(-c3ccccc3)cnn2c1/C=C/N(C)C. The first-order valence-corrected chi connectivity index (χ1v) is 8.05. The van der Waals surface area contributed by atoms with E-state index in [1.165, 1.54) is 0 Å². The summed E-state index contributed by atoms with van der Waals surface area (Å²) >= 11 is 0. The lowest BCUT2D eigenvalue weighted by atomic mass is 10.1. The van der Waals surface area contributed by atoms with Crippen LogP contribution in [0.2, 0.25) is 0 Å². The number of fused-ring (bicyclic) bond motifs is 1. The van der Waals surface area contributed by atoms with Gasteiger partial charge in [-0.2, -0.15) is 5.10 Å². The van der Waals surface area contributed by atoms with Gasteiger partial charge in [-0.05, 0) is 18.6 Å². The van der Waals surface area contributed by atoms with Gasteiger partial charge < -0.3 is 9.64 Å². The van der Waals surface area contributed by atoms with Crippen molar-refractivity contribution in [3.8, 4) is 11.1 Å². The minimum Gasteiger partial charge on any atom is -0.462 e. The molecule has 0 spiro atoms. The van der Waals surface area contributed by atoms with E-state index in [9.17, 15) is 4.79 Å². The number of aromatic nitrogens is 3. The Balaban J connectivity index is 2.19. The maximum atomic E-state index is 12.3. The maximum absolute atomic E-state index is 12.3. The van der Waals surface area contributed by atoms with E-state index in [1.54, 1.807) is 23.8 Å². The number of hydrogen-bond acceptors (Lipinski definition) is 5. The number of nitrogens with zero attached hydrogens (tertiary/aromatic N) is 4. The zero-order valence-corrected chi connectivity index (χ0v) is 14.5. The van der Waals surface area contributed by atoms with Crippen LogP contribution in [0.5, 0.6) is 0 Å². The third-order valence-corrected chi connectivity index (χ3v) is 3.67. The van der Waals surface area contributed by atoms with Crippen molar-refractivity contribution in [1.29, 1.82) is 0 Å². The topological polar surface area (TPSA) is 59.7 Å². The fourth-order valence-corrected chi connectivity index (χ4v) is 2.52. The highest BCUT2D eigenvalue weighted by atomic mass is 16.5. The van der Waals surface area contributed by atoms with Crippen LogP contribution < -0.4 is 0 Å². The van der Waals surface area contributed by atoms with Crippen LogP contribution in [-0.4, -0.2) is 46.2 Å². The number of rotatable bonds is 5. The Hall–Kier alpha value is -3.15. The van der Waals surface area contributed by atoms with Gasteiger partial charge in [0, 0.05) is 32.1 Å². The van der Waals surface area contributed by atoms with Gasteiger partial charge in [-0.15, -0.1) is 0 Å². The molecule has 0 unspecified atom stereocenters. The molecule has 0 fully saturated rings. The molecule has 0 aliphatic heterocycles. The van der Waals surface area contributed by atoms with Crippen molar-refractivity contribution < 1.29 is 9.53 Å². The van der Waals surface area contributed by atoms with E-state index in [-0.39, 0.29) is 0 Å². The molecule has 6 heteroatoms. The van der Waals surface area contributed by atoms with Crippen LogP contribution in [0.1, 0.15) is 23.0 Å². The number of esters is 1. The first kappa shape index (κ1) is 16.7. The van der Waals surface area contributed by atoms with Crippen LogP contribution in [0, 0.1) is 0 Å². The van der Waals surface area contributed by atoms with Gasteiger partial charge in [0.1, 0.15) is 5.56 Å². The first-order chi connectivity index (χ1) is 12.1. The molecule has 3 rings (SSSR count). The quantitative estimate of drug-likeness (QED) is 0.670. The Kier molecular flexibility index (Phi) is 4.79. The summed E-state index contributed by atoms with van der Waals surface area (Å²) in [4.78, 5) is 18.6. The molecule has 0 N–H and O–H groups in total. The summed E-state index contributed by atoms with van der Waals surface area (Å²) < 4.78 is 6.82. The van der Waals surface area contributed by atoms with Gasteiger partial charge in [0.2, 0.25) is 0 Å². The van der Waals surface area contributed by atoms with E-state index in [0.717, 1.165) is 11.1 Å². The van der Waals surface area contributed by atoms with Crippen LogP contribution in [0.15, 0.2) is 48.9 Å². The summed E-state index contributed by atoms with van der Waals surface area (Å²) in [5.41, 5.74) is 3.65. The Morgan fingerprint density at radius 2 is 2.00 bits per heavy atom. The second kappa shape index (κ2) is 7.17. The Morgan fingerprint density at radius 1 is 1.24 bits per heavy atom. The molecule has 2 heterocycles. The number of hydrogen-bond donors (Lipinski definition) is 0. The second-order valence-electron chi connectivity index (χ2n) is 5.72. The largest absolute Gasteiger partial charge is 0.462 e. The van der Waals surface area contributed by atoms with E-state index in [0.29, 0.717) is 23.5 Å². The lowest BCUT2D eigenvalue weighted by Crippen LogP contribution is -2.12. The highest BCUT2D eigenvalue weighted by Crippen LogP contribution is 2.25. The van der Waals surface area contributed by atoms with Crippen LogP contribution in [0.4, 0.5) is 0 Å². The highest BCUT2D eigenvalue weighted by molar-refractivity contribution is 5.93. The fraction of sp³-hybridized carbons (Fsp3) is 0.211. The molecule has 0 aliphatic carbocycles. The average molecular weight is 336 g/mol. The van der Waals surface area contributed by atoms with E-state index in [1.807, 2.05) is 61.6 Å². The Morgan fingerprint density at radius 3 is 2.68 bits per heavy atom. The predicted octanol–water partition coefficient (Wildman–Crippen LogP) is 3.11. The lowest BCUT2D eigenvalue weighted by molar-refractivity contribution is 0.0525. The van der Waals surface area contributed by atoms with E-state index < -0.39 is 5.97 Å². The van der Waals surface area contributed by atoms with Gasteiger partial charge >= 0.3 is 5.97 Å². The number of carbonyl (C=O) groups is 1. The van der Waals surface area contributed by atoms with Crippen molar-refractivity contribution in [2.24, 2.45) is 0 Å². The van der Waals surface area contributed by atoms with Crippen molar-refractivity contribution in [2.75, 3.05) is 20.7 Å². The van der Waals surface area contributed by atoms with Crippen LogP contribution >= 0.6 is 0 Å². The zero-order chi connectivity index (χ0) is 17.8. The van der Waals surface area contributed by atoms with Gasteiger partial charge in [-0.25, -0.2) is 14.3 Å². The Bertz CT molecular complexity index is 914. The molecular weight excluding hydrogens is 316 g/mol. The fourth-order valence-electron chi connectivity index (χ4n) is 2.52. The minimum absolute atomic E-state index is 0.308. The molecule has 25 heavy (non-hydrogen) atoms. The standard InChI is InChI=1S/C19H20N4O2/c1-4-25-19(24)16-12-20-18-15(14-8-6-5-7-9-14)13-21-23(18)17(16)10-11-22(2)3/h5-13H,4H2,1-3H3/b11-10+. The van der Waals surface area contributed by atoms with Gasteiger partial charge in [0.05, 0.1) is 18.5 Å². The van der Waals surface area contributed by atoms with E-state index in [2.05, 4.69) is 10.1 Å². The molecule has 0 atom stereocenters. The summed E-state index contributed by atoms with van der Waals surface area (Å²) in [6.45, 7) is 2.09. The zero-order valence-electron chi connectivity index (χ0n) is 14.5. The summed E-state index contributed by atoms with van der Waals surface area (Å²) in [6.07, 6.45) is 7.01. The van der Waals surface area contributed by atoms with E-state index >= 15 is 0 Å². The second-order valence-corrected chi connectivity index (χ2v) is 5.72. The molecule has 1 aromatic carbocycles. The molecular formula is C19H20N4O2. The third kappa shape index (κ3) is 3.38. The average Bonchev–Trinajstić information content (AvgIpc) is 3.04. The van der Waals surface area contributed by atoms with Crippen molar-refractivity contribution in [3.05, 3.63) is 60.2 Å². The van der Waals surface area contributed by atoms with E-state index in [4.69, 9.17) is 4.74 Å². The normalized spacial score (nSPS) is 11.2. The number of benzene rings is 1. The van der Waals surface area contributed by atoms with Crippen molar-refractivity contribution in [3.63, 3.8) is 0 Å². The maximum Gasteiger partial charge on any atom is 0.341 e. The van der Waals surface area contributed by atoms with Crippen LogP contribution in [-0.2, 0) is 4.74 Å². The molecule has 0 saturated carbocycles. The van der Waals surface area contributed by atoms with Gasteiger partial charge in [0.15, 0.2) is 5.65 Å². The van der Waals surface area contributed by atoms with Crippen LogP contribution in [0.25, 0.3) is 22.9 Å². The molecule has 128 valence electrons. The first-order valence-electron chi connectivity index (χ1n) is 8.05. The third-order valence-electron chi connectivity index (χ3n) is 3.67. The van der Waals surface area contributed by atoms with Gasteiger partial charge in [0.25, 0.3) is 0 Å². The summed E-state index contributed by atoms with van der Waals surface area (Å²) in [6, 6.07) is 9.92.